The molecule has 1 N–H and O–H groups in total. The fourth-order valence-corrected chi connectivity index (χ4v) is 4.67. The molecule has 0 spiro atoms. The molecule has 1 aromatic heterocycles. The highest BCUT2D eigenvalue weighted by atomic mass is 35.5. The van der Waals surface area contributed by atoms with Gasteiger partial charge in [0.2, 0.25) is 0 Å². The van der Waals surface area contributed by atoms with Crippen LogP contribution in [0.3, 0.4) is 0 Å². The van der Waals surface area contributed by atoms with Gasteiger partial charge in [-0.05, 0) is 42.8 Å². The number of aryl methyl sites for hydroxylation is 1. The molecule has 8 heteroatoms. The van der Waals surface area contributed by atoms with E-state index in [4.69, 9.17) is 11.6 Å². The van der Waals surface area contributed by atoms with Gasteiger partial charge in [-0.1, -0.05) is 29.0 Å². The first-order valence-corrected chi connectivity index (χ1v) is 8.88. The van der Waals surface area contributed by atoms with Gasteiger partial charge in [-0.2, -0.15) is 0 Å². The summed E-state index contributed by atoms with van der Waals surface area (Å²) in [5, 5.41) is 0.0606. The van der Waals surface area contributed by atoms with Crippen molar-refractivity contribution in [3.63, 3.8) is 0 Å². The van der Waals surface area contributed by atoms with Gasteiger partial charge in [-0.25, -0.2) is 17.8 Å². The predicted octanol–water partition coefficient (Wildman–Crippen LogP) is 4.20. The average Bonchev–Trinajstić information content (AvgIpc) is 2.78. The molecule has 0 fully saturated rings. The highest BCUT2D eigenvalue weighted by Gasteiger charge is 2.20. The number of fused-ring (bicyclic) bond motifs is 1. The standard InChI is InChI=1S/C14H10ClFN2O2S2/c1-8-2-4-11-12(6-8)21-14(17-11)18-22(19,20)13-5-3-9(16)7-10(13)15/h2-7H,1H3,(H,17,18). The lowest BCUT2D eigenvalue weighted by atomic mass is 10.2. The average molecular weight is 357 g/mol. The molecule has 0 aliphatic carbocycles. The summed E-state index contributed by atoms with van der Waals surface area (Å²) in [4.78, 5) is 4.03. The Morgan fingerprint density at radius 2 is 2.00 bits per heavy atom. The van der Waals surface area contributed by atoms with Gasteiger partial charge in [0.1, 0.15) is 10.7 Å². The number of anilines is 1. The smallest absolute Gasteiger partial charge is 0.255 e. The van der Waals surface area contributed by atoms with Crippen molar-refractivity contribution in [1.29, 1.82) is 0 Å². The zero-order chi connectivity index (χ0) is 15.9. The van der Waals surface area contributed by atoms with E-state index in [1.807, 2.05) is 25.1 Å². The van der Waals surface area contributed by atoms with Crippen LogP contribution in [0.25, 0.3) is 10.2 Å². The van der Waals surface area contributed by atoms with Crippen LogP contribution in [0.2, 0.25) is 5.02 Å². The van der Waals surface area contributed by atoms with Gasteiger partial charge in [0, 0.05) is 0 Å². The quantitative estimate of drug-likeness (QED) is 0.765. The van der Waals surface area contributed by atoms with Crippen LogP contribution in [0.15, 0.2) is 41.3 Å². The number of hydrogen-bond acceptors (Lipinski definition) is 4. The fourth-order valence-electron chi connectivity index (χ4n) is 1.94. The molecule has 0 saturated heterocycles. The normalized spacial score (nSPS) is 11.8. The number of aromatic nitrogens is 1. The van der Waals surface area contributed by atoms with E-state index in [9.17, 15) is 12.8 Å². The van der Waals surface area contributed by atoms with Crippen LogP contribution in [0, 0.1) is 12.7 Å². The molecule has 22 heavy (non-hydrogen) atoms. The van der Waals surface area contributed by atoms with Crippen molar-refractivity contribution in [2.45, 2.75) is 11.8 Å². The summed E-state index contributed by atoms with van der Waals surface area (Å²) in [5.74, 6) is -0.598. The van der Waals surface area contributed by atoms with Gasteiger partial charge in [-0.15, -0.1) is 0 Å². The Bertz CT molecular complexity index is 970. The molecule has 0 aliphatic heterocycles. The van der Waals surface area contributed by atoms with E-state index in [-0.39, 0.29) is 15.0 Å². The first-order valence-electron chi connectivity index (χ1n) is 6.20. The van der Waals surface area contributed by atoms with E-state index in [1.165, 1.54) is 11.3 Å². The molecule has 4 nitrogen and oxygen atoms in total. The monoisotopic (exact) mass is 356 g/mol. The number of nitrogens with zero attached hydrogens (tertiary/aromatic N) is 1. The summed E-state index contributed by atoms with van der Waals surface area (Å²) in [6, 6.07) is 8.77. The van der Waals surface area contributed by atoms with E-state index in [0.717, 1.165) is 28.5 Å². The molecular formula is C14H10ClFN2O2S2. The van der Waals surface area contributed by atoms with Crippen LogP contribution >= 0.6 is 22.9 Å². The van der Waals surface area contributed by atoms with Gasteiger partial charge in [-0.3, -0.25) is 4.72 Å². The van der Waals surface area contributed by atoms with Gasteiger partial charge >= 0.3 is 0 Å². The molecule has 3 aromatic rings. The Hall–Kier alpha value is -1.70. The SMILES string of the molecule is Cc1ccc2nc(NS(=O)(=O)c3ccc(F)cc3Cl)sc2c1. The third-order valence-electron chi connectivity index (χ3n) is 2.95. The number of sulfonamides is 1. The van der Waals surface area contributed by atoms with Crippen molar-refractivity contribution in [3.05, 3.63) is 52.8 Å². The highest BCUT2D eigenvalue weighted by Crippen LogP contribution is 2.30. The number of thiazole rings is 1. The van der Waals surface area contributed by atoms with Crippen molar-refractivity contribution >= 4 is 48.3 Å². The maximum atomic E-state index is 13.0. The van der Waals surface area contributed by atoms with E-state index in [0.29, 0.717) is 5.52 Å². The number of benzene rings is 2. The lowest BCUT2D eigenvalue weighted by Gasteiger charge is -2.06. The molecule has 0 saturated carbocycles. The molecule has 0 atom stereocenters. The molecule has 0 bridgehead atoms. The van der Waals surface area contributed by atoms with E-state index >= 15 is 0 Å². The van der Waals surface area contributed by atoms with Crippen LogP contribution in [-0.2, 0) is 10.0 Å². The number of halogens is 2. The first kappa shape index (κ1) is 15.2. The molecule has 2 aromatic carbocycles. The molecule has 3 rings (SSSR count). The summed E-state index contributed by atoms with van der Waals surface area (Å²) < 4.78 is 40.9. The van der Waals surface area contributed by atoms with E-state index in [2.05, 4.69) is 9.71 Å². The van der Waals surface area contributed by atoms with Gasteiger partial charge < -0.3 is 0 Å². The fraction of sp³-hybridized carbons (Fsp3) is 0.0714. The second-order valence-corrected chi connectivity index (χ2v) is 7.76. The van der Waals surface area contributed by atoms with Crippen molar-refractivity contribution in [2.24, 2.45) is 0 Å². The Balaban J connectivity index is 1.99. The zero-order valence-corrected chi connectivity index (χ0v) is 13.7. The topological polar surface area (TPSA) is 59.1 Å². The summed E-state index contributed by atoms with van der Waals surface area (Å²) in [5.41, 5.74) is 1.77. The highest BCUT2D eigenvalue weighted by molar-refractivity contribution is 7.93. The molecule has 114 valence electrons. The maximum Gasteiger partial charge on any atom is 0.265 e. The largest absolute Gasteiger partial charge is 0.265 e. The van der Waals surface area contributed by atoms with E-state index in [1.54, 1.807) is 0 Å². The summed E-state index contributed by atoms with van der Waals surface area (Å²) in [6.45, 7) is 1.95. The Kier molecular flexibility index (Phi) is 3.80. The minimum atomic E-state index is -3.92. The number of rotatable bonds is 3. The minimum absolute atomic E-state index is 0.176. The predicted molar refractivity (Wildman–Crippen MR) is 86.6 cm³/mol. The van der Waals surface area contributed by atoms with Crippen LogP contribution in [0.4, 0.5) is 9.52 Å². The Morgan fingerprint density at radius 3 is 2.73 bits per heavy atom. The van der Waals surface area contributed by atoms with Crippen LogP contribution in [-0.4, -0.2) is 13.4 Å². The third kappa shape index (κ3) is 2.92. The lowest BCUT2D eigenvalue weighted by Crippen LogP contribution is -2.13. The van der Waals surface area contributed by atoms with Gasteiger partial charge in [0.25, 0.3) is 10.0 Å². The van der Waals surface area contributed by atoms with Crippen molar-refractivity contribution in [1.82, 2.24) is 4.98 Å². The van der Waals surface area contributed by atoms with Crippen LogP contribution < -0.4 is 4.72 Å². The summed E-state index contributed by atoms with van der Waals surface area (Å²) >= 11 is 7.03. The number of nitrogens with one attached hydrogen (secondary N) is 1. The second kappa shape index (κ2) is 5.49. The molecule has 1 heterocycles. The second-order valence-electron chi connectivity index (χ2n) is 4.67. The van der Waals surface area contributed by atoms with Gasteiger partial charge in [0.05, 0.1) is 15.2 Å². The molecular weight excluding hydrogens is 347 g/mol. The minimum Gasteiger partial charge on any atom is -0.255 e. The lowest BCUT2D eigenvalue weighted by molar-refractivity contribution is 0.600. The molecule has 0 amide bonds. The Labute approximate surface area is 135 Å². The first-order chi connectivity index (χ1) is 10.3. The van der Waals surface area contributed by atoms with Crippen LogP contribution in [0.5, 0.6) is 0 Å². The summed E-state index contributed by atoms with van der Waals surface area (Å²) in [7, 11) is -3.92. The summed E-state index contributed by atoms with van der Waals surface area (Å²) in [6.07, 6.45) is 0. The van der Waals surface area contributed by atoms with Crippen molar-refractivity contribution in [3.8, 4) is 0 Å². The maximum absolute atomic E-state index is 13.0. The zero-order valence-electron chi connectivity index (χ0n) is 11.3. The van der Waals surface area contributed by atoms with Crippen LogP contribution in [0.1, 0.15) is 5.56 Å². The third-order valence-corrected chi connectivity index (χ3v) is 5.83. The molecule has 0 aliphatic rings. The number of hydrogen-bond donors (Lipinski definition) is 1. The molecule has 0 radical (unpaired) electrons. The van der Waals surface area contributed by atoms with Gasteiger partial charge in [0.15, 0.2) is 5.13 Å². The van der Waals surface area contributed by atoms with E-state index < -0.39 is 15.8 Å². The van der Waals surface area contributed by atoms with Crippen molar-refractivity contribution in [2.75, 3.05) is 4.72 Å². The molecule has 0 unspecified atom stereocenters. The Morgan fingerprint density at radius 1 is 1.23 bits per heavy atom. The van der Waals surface area contributed by atoms with Crippen molar-refractivity contribution < 1.29 is 12.8 Å².